The summed E-state index contributed by atoms with van der Waals surface area (Å²) in [7, 11) is 0. The van der Waals surface area contributed by atoms with E-state index in [0.717, 1.165) is 44.8 Å². The average molecular weight is 279 g/mol. The number of benzene rings is 1. The van der Waals surface area contributed by atoms with E-state index in [-0.39, 0.29) is 5.82 Å². The summed E-state index contributed by atoms with van der Waals surface area (Å²) in [6, 6.07) is 5.76. The van der Waals surface area contributed by atoms with Gasteiger partial charge in [0.2, 0.25) is 0 Å². The lowest BCUT2D eigenvalue weighted by atomic mass is 10.1. The van der Waals surface area contributed by atoms with Crippen LogP contribution >= 0.6 is 0 Å². The molecule has 3 nitrogen and oxygen atoms in total. The molecule has 1 aliphatic heterocycles. The number of halogens is 1. The minimum atomic E-state index is -0.150. The molecule has 0 aliphatic carbocycles. The van der Waals surface area contributed by atoms with Gasteiger partial charge in [-0.05, 0) is 44.2 Å². The topological polar surface area (TPSA) is 18.5 Å². The van der Waals surface area contributed by atoms with E-state index in [1.54, 1.807) is 12.1 Å². The van der Waals surface area contributed by atoms with Crippen molar-refractivity contribution in [3.05, 3.63) is 29.6 Å². The molecular weight excluding hydrogens is 253 g/mol. The summed E-state index contributed by atoms with van der Waals surface area (Å²) in [5.41, 5.74) is 2.24. The molecule has 0 bridgehead atoms. The van der Waals surface area contributed by atoms with Crippen LogP contribution < -0.4 is 10.2 Å². The summed E-state index contributed by atoms with van der Waals surface area (Å²) in [5, 5.41) is 3.29. The van der Waals surface area contributed by atoms with Crippen LogP contribution in [0.4, 0.5) is 10.1 Å². The van der Waals surface area contributed by atoms with Gasteiger partial charge in [-0.2, -0.15) is 0 Å². The molecular formula is C16H26FN3. The van der Waals surface area contributed by atoms with Crippen LogP contribution in [0.25, 0.3) is 0 Å². The molecule has 1 N–H and O–H groups in total. The summed E-state index contributed by atoms with van der Waals surface area (Å²) in [6.45, 7) is 12.4. The Morgan fingerprint density at radius 3 is 2.50 bits per heavy atom. The molecule has 4 heteroatoms. The van der Waals surface area contributed by atoms with Gasteiger partial charge in [0.05, 0.1) is 0 Å². The monoisotopic (exact) mass is 279 g/mol. The smallest absolute Gasteiger partial charge is 0.123 e. The lowest BCUT2D eigenvalue weighted by Crippen LogP contribution is -2.49. The predicted molar refractivity (Wildman–Crippen MR) is 82.7 cm³/mol. The largest absolute Gasteiger partial charge is 0.369 e. The van der Waals surface area contributed by atoms with Crippen molar-refractivity contribution in [2.45, 2.75) is 33.4 Å². The number of piperazine rings is 1. The van der Waals surface area contributed by atoms with E-state index in [0.29, 0.717) is 6.04 Å². The van der Waals surface area contributed by atoms with Gasteiger partial charge in [-0.3, -0.25) is 4.90 Å². The Morgan fingerprint density at radius 2 is 1.90 bits per heavy atom. The van der Waals surface area contributed by atoms with Crippen molar-refractivity contribution in [1.29, 1.82) is 0 Å². The molecule has 0 spiro atoms. The molecule has 20 heavy (non-hydrogen) atoms. The van der Waals surface area contributed by atoms with Gasteiger partial charge in [0.25, 0.3) is 0 Å². The second-order valence-electron chi connectivity index (χ2n) is 5.67. The second-order valence-corrected chi connectivity index (χ2v) is 5.67. The van der Waals surface area contributed by atoms with Crippen LogP contribution in [0.2, 0.25) is 0 Å². The molecule has 2 rings (SSSR count). The van der Waals surface area contributed by atoms with Gasteiger partial charge in [0.1, 0.15) is 5.82 Å². The van der Waals surface area contributed by atoms with Crippen LogP contribution in [0.15, 0.2) is 18.2 Å². The molecule has 112 valence electrons. The van der Waals surface area contributed by atoms with Crippen molar-refractivity contribution >= 4 is 5.69 Å². The highest BCUT2D eigenvalue weighted by Gasteiger charge is 2.20. The maximum absolute atomic E-state index is 13.5. The van der Waals surface area contributed by atoms with Gasteiger partial charge in [-0.25, -0.2) is 4.39 Å². The molecule has 0 radical (unpaired) electrons. The number of anilines is 1. The zero-order valence-corrected chi connectivity index (χ0v) is 12.8. The minimum Gasteiger partial charge on any atom is -0.369 e. The highest BCUT2D eigenvalue weighted by molar-refractivity contribution is 5.54. The van der Waals surface area contributed by atoms with Gasteiger partial charge in [-0.1, -0.05) is 6.92 Å². The Kier molecular flexibility index (Phi) is 5.38. The molecule has 0 unspecified atom stereocenters. The van der Waals surface area contributed by atoms with E-state index < -0.39 is 0 Å². The van der Waals surface area contributed by atoms with Crippen LogP contribution in [-0.2, 0) is 6.54 Å². The van der Waals surface area contributed by atoms with Gasteiger partial charge in [-0.15, -0.1) is 0 Å². The normalized spacial score (nSPS) is 16.9. The third-order valence-electron chi connectivity index (χ3n) is 3.99. The predicted octanol–water partition coefficient (Wildman–Crippen LogP) is 2.47. The molecule has 1 aliphatic rings. The first-order chi connectivity index (χ1) is 9.61. The van der Waals surface area contributed by atoms with Crippen molar-refractivity contribution < 1.29 is 4.39 Å². The van der Waals surface area contributed by atoms with E-state index in [1.165, 1.54) is 5.69 Å². The Bertz CT molecular complexity index is 426. The third kappa shape index (κ3) is 3.70. The molecule has 1 heterocycles. The van der Waals surface area contributed by atoms with Gasteiger partial charge in [0, 0.05) is 44.5 Å². The molecule has 0 saturated carbocycles. The Hall–Kier alpha value is -1.13. The molecule has 0 amide bonds. The van der Waals surface area contributed by atoms with Crippen molar-refractivity contribution in [2.75, 3.05) is 37.6 Å². The van der Waals surface area contributed by atoms with E-state index in [1.807, 2.05) is 6.07 Å². The Morgan fingerprint density at radius 1 is 1.20 bits per heavy atom. The fraction of sp³-hybridized carbons (Fsp3) is 0.625. The van der Waals surface area contributed by atoms with Crippen molar-refractivity contribution in [1.82, 2.24) is 10.2 Å². The third-order valence-corrected chi connectivity index (χ3v) is 3.99. The van der Waals surface area contributed by atoms with Crippen LogP contribution in [0, 0.1) is 5.82 Å². The molecule has 1 saturated heterocycles. The summed E-state index contributed by atoms with van der Waals surface area (Å²) < 4.78 is 13.5. The van der Waals surface area contributed by atoms with E-state index in [9.17, 15) is 4.39 Å². The number of nitrogens with zero attached hydrogens (tertiary/aromatic N) is 2. The summed E-state index contributed by atoms with van der Waals surface area (Å²) >= 11 is 0. The first kappa shape index (κ1) is 15.3. The zero-order chi connectivity index (χ0) is 14.5. The minimum absolute atomic E-state index is 0.150. The van der Waals surface area contributed by atoms with E-state index >= 15 is 0 Å². The average Bonchev–Trinajstić information content (AvgIpc) is 2.45. The van der Waals surface area contributed by atoms with Gasteiger partial charge < -0.3 is 10.2 Å². The summed E-state index contributed by atoms with van der Waals surface area (Å²) in [4.78, 5) is 4.87. The lowest BCUT2D eigenvalue weighted by molar-refractivity contribution is 0.209. The van der Waals surface area contributed by atoms with Crippen LogP contribution in [-0.4, -0.2) is 43.7 Å². The first-order valence-corrected chi connectivity index (χ1v) is 7.60. The van der Waals surface area contributed by atoms with Crippen molar-refractivity contribution in [3.63, 3.8) is 0 Å². The number of rotatable bonds is 5. The standard InChI is InChI=1S/C16H26FN3/c1-4-18-12-14-11-15(17)5-6-16(14)20-9-7-19(8-10-20)13(2)3/h5-6,11,13,18H,4,7-10,12H2,1-3H3. The lowest BCUT2D eigenvalue weighted by Gasteiger charge is -2.39. The number of hydrogen-bond donors (Lipinski definition) is 1. The summed E-state index contributed by atoms with van der Waals surface area (Å²) in [5.74, 6) is -0.150. The molecule has 1 fully saturated rings. The Balaban J connectivity index is 2.08. The fourth-order valence-electron chi connectivity index (χ4n) is 2.74. The number of nitrogens with one attached hydrogen (secondary N) is 1. The van der Waals surface area contributed by atoms with Crippen LogP contribution in [0.1, 0.15) is 26.3 Å². The summed E-state index contributed by atoms with van der Waals surface area (Å²) in [6.07, 6.45) is 0. The maximum Gasteiger partial charge on any atom is 0.123 e. The van der Waals surface area contributed by atoms with Gasteiger partial charge >= 0.3 is 0 Å². The van der Waals surface area contributed by atoms with E-state index in [4.69, 9.17) is 0 Å². The van der Waals surface area contributed by atoms with Crippen molar-refractivity contribution in [2.24, 2.45) is 0 Å². The molecule has 1 aromatic carbocycles. The first-order valence-electron chi connectivity index (χ1n) is 7.60. The maximum atomic E-state index is 13.5. The second kappa shape index (κ2) is 7.04. The van der Waals surface area contributed by atoms with Crippen LogP contribution in [0.3, 0.4) is 0 Å². The van der Waals surface area contributed by atoms with Crippen molar-refractivity contribution in [3.8, 4) is 0 Å². The molecule has 0 atom stereocenters. The molecule has 1 aromatic rings. The number of hydrogen-bond acceptors (Lipinski definition) is 3. The highest BCUT2D eigenvalue weighted by Crippen LogP contribution is 2.23. The highest BCUT2D eigenvalue weighted by atomic mass is 19.1. The van der Waals surface area contributed by atoms with Gasteiger partial charge in [0.15, 0.2) is 0 Å². The van der Waals surface area contributed by atoms with E-state index in [2.05, 4.69) is 35.9 Å². The van der Waals surface area contributed by atoms with Crippen LogP contribution in [0.5, 0.6) is 0 Å². The zero-order valence-electron chi connectivity index (χ0n) is 12.8. The fourth-order valence-corrected chi connectivity index (χ4v) is 2.74. The molecule has 0 aromatic heterocycles. The Labute approximate surface area is 121 Å². The quantitative estimate of drug-likeness (QED) is 0.893. The SMILES string of the molecule is CCNCc1cc(F)ccc1N1CCN(C(C)C)CC1.